The maximum absolute atomic E-state index is 6.66. The summed E-state index contributed by atoms with van der Waals surface area (Å²) in [6.07, 6.45) is 21.2. The van der Waals surface area contributed by atoms with Crippen LogP contribution < -0.4 is 26.2 Å². The second kappa shape index (κ2) is 16.9. The lowest BCUT2D eigenvalue weighted by atomic mass is 9.33. The molecule has 5 aromatic carbocycles. The lowest BCUT2D eigenvalue weighted by Crippen LogP contribution is -2.60. The molecular formula is C66H61BN2O2S2. The summed E-state index contributed by atoms with van der Waals surface area (Å²) in [6, 6.07) is 35.5. The third-order valence-corrected chi connectivity index (χ3v) is 18.1. The van der Waals surface area contributed by atoms with Gasteiger partial charge in [-0.2, -0.15) is 0 Å². The van der Waals surface area contributed by atoms with Crippen LogP contribution in [0.2, 0.25) is 0 Å². The summed E-state index contributed by atoms with van der Waals surface area (Å²) in [7, 11) is 0. The zero-order valence-corrected chi connectivity index (χ0v) is 45.3. The molecular weight excluding hydrogens is 928 g/mol. The van der Waals surface area contributed by atoms with E-state index in [2.05, 4.69) is 219 Å². The average Bonchev–Trinajstić information content (AvgIpc) is 4.13. The van der Waals surface area contributed by atoms with Crippen molar-refractivity contribution in [1.82, 2.24) is 0 Å². The highest BCUT2D eigenvalue weighted by Crippen LogP contribution is 2.53. The third-order valence-electron chi connectivity index (χ3n) is 15.7. The van der Waals surface area contributed by atoms with Gasteiger partial charge in [0.1, 0.15) is 23.0 Å². The molecule has 73 heavy (non-hydrogen) atoms. The summed E-state index contributed by atoms with van der Waals surface area (Å²) in [5.74, 6) is 3.87. The van der Waals surface area contributed by atoms with Gasteiger partial charge in [0.2, 0.25) is 0 Å². The first kappa shape index (κ1) is 46.0. The number of fused-ring (bicyclic) bond motifs is 10. The van der Waals surface area contributed by atoms with E-state index in [4.69, 9.17) is 8.83 Å². The monoisotopic (exact) mass is 988 g/mol. The number of furan rings is 2. The molecule has 13 rings (SSSR count). The van der Waals surface area contributed by atoms with Gasteiger partial charge in [0, 0.05) is 55.9 Å². The molecule has 0 saturated carbocycles. The van der Waals surface area contributed by atoms with E-state index >= 15 is 0 Å². The van der Waals surface area contributed by atoms with E-state index in [1.54, 1.807) is 0 Å². The molecule has 0 atom stereocenters. The van der Waals surface area contributed by atoms with Crippen molar-refractivity contribution in [2.45, 2.75) is 106 Å². The number of thiophene rings is 2. The van der Waals surface area contributed by atoms with E-state index in [9.17, 15) is 0 Å². The summed E-state index contributed by atoms with van der Waals surface area (Å²) < 4.78 is 16.0. The minimum atomic E-state index is -0.0212. The quantitative estimate of drug-likeness (QED) is 0.130. The molecule has 7 heteroatoms. The first-order valence-corrected chi connectivity index (χ1v) is 27.7. The minimum Gasteiger partial charge on any atom is -0.460 e. The van der Waals surface area contributed by atoms with E-state index in [1.165, 1.54) is 114 Å². The van der Waals surface area contributed by atoms with Crippen molar-refractivity contribution in [3.63, 3.8) is 0 Å². The Balaban J connectivity index is 1.07. The van der Waals surface area contributed by atoms with E-state index in [-0.39, 0.29) is 17.5 Å². The molecule has 0 unspecified atom stereocenters. The van der Waals surface area contributed by atoms with Crippen LogP contribution in [0.4, 0.5) is 32.8 Å². The van der Waals surface area contributed by atoms with Crippen LogP contribution in [0.5, 0.6) is 0 Å². The van der Waals surface area contributed by atoms with Crippen LogP contribution >= 0.6 is 22.7 Å². The second-order valence-corrected chi connectivity index (χ2v) is 25.0. The van der Waals surface area contributed by atoms with Crippen molar-refractivity contribution in [3.05, 3.63) is 183 Å². The molecule has 0 saturated heterocycles. The second-order valence-electron chi connectivity index (χ2n) is 22.9. The smallest absolute Gasteiger partial charge is 0.256 e. The van der Waals surface area contributed by atoms with Crippen LogP contribution in [-0.2, 0) is 23.7 Å². The molecule has 0 fully saturated rings. The molecule has 4 aromatic heterocycles. The van der Waals surface area contributed by atoms with E-state index in [1.807, 2.05) is 22.7 Å². The number of aryl methyl sites for hydroxylation is 4. The van der Waals surface area contributed by atoms with Crippen molar-refractivity contribution in [2.75, 3.05) is 9.80 Å². The van der Waals surface area contributed by atoms with Crippen molar-refractivity contribution < 1.29 is 8.83 Å². The Kier molecular flexibility index (Phi) is 10.6. The average molecular weight is 989 g/mol. The van der Waals surface area contributed by atoms with Crippen LogP contribution in [0, 0.1) is 27.7 Å². The van der Waals surface area contributed by atoms with E-state index in [0.717, 1.165) is 59.9 Å². The zero-order valence-electron chi connectivity index (χ0n) is 43.7. The molecule has 6 heterocycles. The molecule has 0 spiro atoms. The molecule has 0 bridgehead atoms. The van der Waals surface area contributed by atoms with Crippen molar-refractivity contribution in [1.29, 1.82) is 0 Å². The van der Waals surface area contributed by atoms with E-state index < -0.39 is 0 Å². The SMILES string of the molecule is Cc1cc(-c2cc3c(o2)C/C=C\C/C=C\3)cc(C)c1N1c2cccc3c2B(c2c1sc1ccc(C(C)(C)C)cc21)c1c(sc2ccc(C(C)(C)C)cc12)N3c1c(C)cc(-c2cc3c(o2)C/C=C\C/C=C\3)cc1C. The predicted octanol–water partition coefficient (Wildman–Crippen LogP) is 17.6. The van der Waals surface area contributed by atoms with Gasteiger partial charge >= 0.3 is 0 Å². The Morgan fingerprint density at radius 1 is 0.479 bits per heavy atom. The van der Waals surface area contributed by atoms with Gasteiger partial charge in [-0.05, 0) is 173 Å². The van der Waals surface area contributed by atoms with Crippen molar-refractivity contribution in [3.8, 4) is 22.6 Å². The van der Waals surface area contributed by atoms with Gasteiger partial charge in [-0.15, -0.1) is 22.7 Å². The number of hydrogen-bond acceptors (Lipinski definition) is 6. The van der Waals surface area contributed by atoms with Gasteiger partial charge in [-0.3, -0.25) is 0 Å². The lowest BCUT2D eigenvalue weighted by molar-refractivity contribution is 0.535. The van der Waals surface area contributed by atoms with Gasteiger partial charge in [-0.1, -0.05) is 120 Å². The predicted molar refractivity (Wildman–Crippen MR) is 316 cm³/mol. The fourth-order valence-electron chi connectivity index (χ4n) is 12.1. The minimum absolute atomic E-state index is 0.00850. The van der Waals surface area contributed by atoms with Crippen molar-refractivity contribution >= 4 is 111 Å². The summed E-state index contributed by atoms with van der Waals surface area (Å²) >= 11 is 3.89. The number of allylic oxidation sites excluding steroid dienone is 6. The first-order chi connectivity index (χ1) is 35.1. The maximum atomic E-state index is 6.66. The molecule has 4 nitrogen and oxygen atoms in total. The van der Waals surface area contributed by atoms with Crippen molar-refractivity contribution in [2.24, 2.45) is 0 Å². The fourth-order valence-corrected chi connectivity index (χ4v) is 14.6. The van der Waals surface area contributed by atoms with Crippen LogP contribution in [0.3, 0.4) is 0 Å². The Labute approximate surface area is 438 Å². The largest absolute Gasteiger partial charge is 0.460 e. The summed E-state index contributed by atoms with van der Waals surface area (Å²) in [4.78, 5) is 5.28. The first-order valence-electron chi connectivity index (χ1n) is 26.1. The molecule has 0 radical (unpaired) electrons. The fraction of sp³-hybridized carbons (Fsp3) is 0.242. The van der Waals surface area contributed by atoms with Crippen LogP contribution in [-0.4, -0.2) is 6.71 Å². The molecule has 2 aliphatic carbocycles. The normalized spacial score (nSPS) is 16.8. The highest BCUT2D eigenvalue weighted by molar-refractivity contribution is 7.29. The van der Waals surface area contributed by atoms with Gasteiger partial charge in [0.25, 0.3) is 6.71 Å². The Bertz CT molecular complexity index is 3610. The topological polar surface area (TPSA) is 32.8 Å². The summed E-state index contributed by atoms with van der Waals surface area (Å²) in [5.41, 5.74) is 21.2. The van der Waals surface area contributed by atoms with Crippen LogP contribution in [0.25, 0.3) is 55.0 Å². The van der Waals surface area contributed by atoms with Gasteiger partial charge in [0.05, 0.1) is 21.4 Å². The standard InChI is InChI=1S/C66H61BN2O2S2/c1-38-30-44(54-34-42-20-15-11-13-17-24-52(42)70-54)31-39(2)61(38)68-50-22-19-23-51-60(50)67(58-48-36-46(65(5,6)7)26-28-56(48)72-63(58)68)59-49-37-47(66(8,9)10)27-29-57(49)73-64(59)69(51)62-40(3)32-45(33-41(62)4)55-35-43-21-16-12-14-18-25-53(43)71-55/h13-23,26-37H,11-12,24-25H2,1-10H3/b17-13-,18-14-,20-15-,21-16-. The summed E-state index contributed by atoms with van der Waals surface area (Å²) in [6.45, 7) is 23.2. The highest BCUT2D eigenvalue weighted by Gasteiger charge is 2.48. The molecule has 9 aromatic rings. The van der Waals surface area contributed by atoms with Gasteiger partial charge in [-0.25, -0.2) is 0 Å². The molecule has 2 aliphatic heterocycles. The third kappa shape index (κ3) is 7.43. The number of nitrogens with zero attached hydrogens (tertiary/aromatic N) is 2. The van der Waals surface area contributed by atoms with E-state index in [0.29, 0.717) is 0 Å². The van der Waals surface area contributed by atoms with Gasteiger partial charge < -0.3 is 18.6 Å². The Morgan fingerprint density at radius 2 is 0.904 bits per heavy atom. The molecule has 362 valence electrons. The lowest BCUT2D eigenvalue weighted by Gasteiger charge is -2.43. The van der Waals surface area contributed by atoms with Crippen LogP contribution in [0.15, 0.2) is 136 Å². The zero-order chi connectivity index (χ0) is 50.2. The number of rotatable bonds is 4. The highest BCUT2D eigenvalue weighted by atomic mass is 32.1. The molecule has 0 N–H and O–H groups in total. The maximum Gasteiger partial charge on any atom is 0.256 e. The number of anilines is 6. The Hall–Kier alpha value is -6.80. The number of hydrogen-bond donors (Lipinski definition) is 0. The molecule has 0 amide bonds. The molecule has 4 aliphatic rings. The van der Waals surface area contributed by atoms with Gasteiger partial charge in [0.15, 0.2) is 0 Å². The number of benzene rings is 5. The van der Waals surface area contributed by atoms with Crippen LogP contribution in [0.1, 0.15) is 110 Å². The Morgan fingerprint density at radius 3 is 1.32 bits per heavy atom. The summed E-state index contributed by atoms with van der Waals surface area (Å²) in [5, 5.41) is 5.30.